The highest BCUT2D eigenvalue weighted by atomic mass is 19.1. The maximum Gasteiger partial charge on any atom is 0.282 e. The van der Waals surface area contributed by atoms with Gasteiger partial charge in [0.05, 0.1) is 22.8 Å². The monoisotopic (exact) mass is 532 g/mol. The minimum atomic E-state index is -0.524. The van der Waals surface area contributed by atoms with Crippen molar-refractivity contribution < 1.29 is 18.3 Å². The van der Waals surface area contributed by atoms with Gasteiger partial charge in [0.1, 0.15) is 17.1 Å². The number of furan rings is 1. The Hall–Kier alpha value is -5.57. The Morgan fingerprint density at radius 1 is 0.975 bits per heavy atom. The molecule has 1 amide bonds. The molecule has 0 saturated heterocycles. The van der Waals surface area contributed by atoms with Crippen LogP contribution in [0.3, 0.4) is 0 Å². The van der Waals surface area contributed by atoms with Crippen molar-refractivity contribution in [2.75, 3.05) is 11.9 Å². The molecule has 0 aliphatic carbocycles. The molecule has 196 valence electrons. The van der Waals surface area contributed by atoms with Crippen LogP contribution in [0.15, 0.2) is 117 Å². The number of rotatable bonds is 7. The number of fused-ring (bicyclic) bond motifs is 2. The number of nitrogens with zero attached hydrogens (tertiary/aromatic N) is 3. The van der Waals surface area contributed by atoms with Crippen molar-refractivity contribution in [2.24, 2.45) is 5.10 Å². The fourth-order valence-electron chi connectivity index (χ4n) is 4.15. The van der Waals surface area contributed by atoms with E-state index in [-0.39, 0.29) is 23.7 Å². The number of ether oxygens (including phenoxy) is 1. The molecule has 2 aromatic heterocycles. The van der Waals surface area contributed by atoms with Gasteiger partial charge in [-0.05, 0) is 66.2 Å². The van der Waals surface area contributed by atoms with Gasteiger partial charge in [0, 0.05) is 5.39 Å². The highest BCUT2D eigenvalue weighted by Crippen LogP contribution is 2.27. The molecule has 0 aliphatic rings. The van der Waals surface area contributed by atoms with Crippen molar-refractivity contribution in [3.63, 3.8) is 0 Å². The van der Waals surface area contributed by atoms with Gasteiger partial charge in [-0.3, -0.25) is 9.59 Å². The summed E-state index contributed by atoms with van der Waals surface area (Å²) in [5.41, 5.74) is 1.64. The Balaban J connectivity index is 1.24. The third kappa shape index (κ3) is 5.08. The average Bonchev–Trinajstić information content (AvgIpc) is 3.42. The summed E-state index contributed by atoms with van der Waals surface area (Å²) in [4.78, 5) is 30.2. The molecule has 9 heteroatoms. The van der Waals surface area contributed by atoms with Crippen molar-refractivity contribution in [1.82, 2.24) is 9.66 Å². The molecule has 0 radical (unpaired) electrons. The van der Waals surface area contributed by atoms with Crippen molar-refractivity contribution in [1.29, 1.82) is 0 Å². The van der Waals surface area contributed by atoms with Crippen LogP contribution in [0.25, 0.3) is 33.5 Å². The number of amides is 1. The molecule has 4 aromatic carbocycles. The Morgan fingerprint density at radius 2 is 1.73 bits per heavy atom. The largest absolute Gasteiger partial charge is 0.484 e. The van der Waals surface area contributed by atoms with Crippen molar-refractivity contribution >= 4 is 39.7 Å². The van der Waals surface area contributed by atoms with Crippen molar-refractivity contribution in [3.05, 3.63) is 125 Å². The maximum atomic E-state index is 13.7. The Kier molecular flexibility index (Phi) is 6.60. The van der Waals surface area contributed by atoms with Crippen LogP contribution in [0.5, 0.6) is 5.75 Å². The second kappa shape index (κ2) is 10.7. The van der Waals surface area contributed by atoms with E-state index >= 15 is 0 Å². The molecule has 0 aliphatic heterocycles. The highest BCUT2D eigenvalue weighted by Gasteiger charge is 2.16. The number of carbonyl (C=O) groups is 1. The van der Waals surface area contributed by atoms with E-state index in [9.17, 15) is 14.0 Å². The predicted octanol–water partition coefficient (Wildman–Crippen LogP) is 5.85. The summed E-state index contributed by atoms with van der Waals surface area (Å²) in [6.07, 6.45) is 1.53. The summed E-state index contributed by atoms with van der Waals surface area (Å²) >= 11 is 0. The number of hydrogen-bond donors (Lipinski definition) is 1. The summed E-state index contributed by atoms with van der Waals surface area (Å²) in [6, 6.07) is 29.1. The lowest BCUT2D eigenvalue weighted by Gasteiger charge is -2.08. The number of hydrogen-bond acceptors (Lipinski definition) is 6. The average molecular weight is 533 g/mol. The molecule has 1 N–H and O–H groups in total. The second-order valence-corrected chi connectivity index (χ2v) is 8.85. The van der Waals surface area contributed by atoms with Crippen LogP contribution >= 0.6 is 0 Å². The summed E-state index contributed by atoms with van der Waals surface area (Å²) < 4.78 is 26.5. The van der Waals surface area contributed by atoms with Crippen LogP contribution < -0.4 is 15.6 Å². The first-order chi connectivity index (χ1) is 19.5. The van der Waals surface area contributed by atoms with E-state index in [0.717, 1.165) is 5.39 Å². The third-order valence-electron chi connectivity index (χ3n) is 6.12. The zero-order valence-electron chi connectivity index (χ0n) is 21.0. The molecule has 0 fully saturated rings. The van der Waals surface area contributed by atoms with Gasteiger partial charge >= 0.3 is 0 Å². The van der Waals surface area contributed by atoms with Gasteiger partial charge in [-0.25, -0.2) is 9.37 Å². The SMILES string of the molecule is O=C(COc1ccc(C=Nn2c(-c3cc4ccccc4o3)nc3ccccc3c2=O)cc1)Nc1ccccc1F. The molecule has 0 bridgehead atoms. The number of nitrogens with one attached hydrogen (secondary N) is 1. The molecule has 6 aromatic rings. The quantitative estimate of drug-likeness (QED) is 0.260. The number of carbonyl (C=O) groups excluding carboxylic acids is 1. The van der Waals surface area contributed by atoms with Gasteiger partial charge in [0.25, 0.3) is 11.5 Å². The minimum absolute atomic E-state index is 0.0862. The molecule has 0 saturated carbocycles. The zero-order valence-corrected chi connectivity index (χ0v) is 21.0. The van der Waals surface area contributed by atoms with E-state index in [2.05, 4.69) is 15.4 Å². The summed E-state index contributed by atoms with van der Waals surface area (Å²) in [5.74, 6) is 0.115. The van der Waals surface area contributed by atoms with Crippen LogP contribution in [0, 0.1) is 5.82 Å². The molecule has 8 nitrogen and oxygen atoms in total. The third-order valence-corrected chi connectivity index (χ3v) is 6.12. The smallest absolute Gasteiger partial charge is 0.282 e. The lowest BCUT2D eigenvalue weighted by atomic mass is 10.2. The van der Waals surface area contributed by atoms with Crippen LogP contribution in [0.4, 0.5) is 10.1 Å². The van der Waals surface area contributed by atoms with Gasteiger partial charge in [0.15, 0.2) is 12.4 Å². The fraction of sp³-hybridized carbons (Fsp3) is 0.0323. The van der Waals surface area contributed by atoms with Gasteiger partial charge in [0.2, 0.25) is 5.82 Å². The van der Waals surface area contributed by atoms with Crippen LogP contribution in [-0.4, -0.2) is 28.4 Å². The van der Waals surface area contributed by atoms with Gasteiger partial charge in [-0.1, -0.05) is 42.5 Å². The maximum absolute atomic E-state index is 13.7. The van der Waals surface area contributed by atoms with Crippen LogP contribution in [0.2, 0.25) is 0 Å². The van der Waals surface area contributed by atoms with Crippen LogP contribution in [-0.2, 0) is 4.79 Å². The standard InChI is InChI=1S/C31H21FN4O4/c32-24-9-3-5-11-26(24)34-29(37)19-39-22-15-13-20(14-16-22)18-33-36-30(28-17-21-7-1-6-12-27(21)40-28)35-25-10-4-2-8-23(25)31(36)38/h1-18H,19H2,(H,34,37). The summed E-state index contributed by atoms with van der Waals surface area (Å²) in [6.45, 7) is -0.291. The highest BCUT2D eigenvalue weighted by molar-refractivity contribution is 5.92. The zero-order chi connectivity index (χ0) is 27.5. The minimum Gasteiger partial charge on any atom is -0.484 e. The number of para-hydroxylation sites is 3. The van der Waals surface area contributed by atoms with E-state index in [1.807, 2.05) is 36.4 Å². The van der Waals surface area contributed by atoms with E-state index in [0.29, 0.717) is 33.6 Å². The number of aromatic nitrogens is 2. The first-order valence-electron chi connectivity index (χ1n) is 12.4. The predicted molar refractivity (Wildman–Crippen MR) is 151 cm³/mol. The topological polar surface area (TPSA) is 98.7 Å². The van der Waals surface area contributed by atoms with Crippen molar-refractivity contribution in [3.8, 4) is 17.3 Å². The van der Waals surface area contributed by atoms with Crippen LogP contribution in [0.1, 0.15) is 5.56 Å². The molecule has 0 spiro atoms. The number of anilines is 1. The fourth-order valence-corrected chi connectivity index (χ4v) is 4.15. The first-order valence-corrected chi connectivity index (χ1v) is 12.4. The molecular weight excluding hydrogens is 511 g/mol. The van der Waals surface area contributed by atoms with Gasteiger partial charge in [-0.15, -0.1) is 0 Å². The molecular formula is C31H21FN4O4. The molecule has 0 unspecified atom stereocenters. The molecule has 2 heterocycles. The molecule has 0 atom stereocenters. The molecule has 40 heavy (non-hydrogen) atoms. The van der Waals surface area contributed by atoms with Gasteiger partial charge < -0.3 is 14.5 Å². The van der Waals surface area contributed by atoms with E-state index < -0.39 is 11.7 Å². The summed E-state index contributed by atoms with van der Waals surface area (Å²) in [7, 11) is 0. The van der Waals surface area contributed by atoms with E-state index in [1.54, 1.807) is 54.6 Å². The van der Waals surface area contributed by atoms with E-state index in [4.69, 9.17) is 9.15 Å². The lowest BCUT2D eigenvalue weighted by molar-refractivity contribution is -0.118. The Morgan fingerprint density at radius 3 is 2.55 bits per heavy atom. The normalized spacial score (nSPS) is 11.3. The van der Waals surface area contributed by atoms with Gasteiger partial charge in [-0.2, -0.15) is 9.78 Å². The van der Waals surface area contributed by atoms with Crippen molar-refractivity contribution in [2.45, 2.75) is 0 Å². The second-order valence-electron chi connectivity index (χ2n) is 8.85. The number of benzene rings is 4. The lowest BCUT2D eigenvalue weighted by Crippen LogP contribution is -2.20. The Labute approximate surface area is 227 Å². The summed E-state index contributed by atoms with van der Waals surface area (Å²) in [5, 5.41) is 8.23. The number of halogens is 1. The Bertz CT molecular complexity index is 1910. The van der Waals surface area contributed by atoms with E-state index in [1.165, 1.54) is 23.0 Å². The first kappa shape index (κ1) is 24.7. The molecule has 6 rings (SSSR count).